The van der Waals surface area contributed by atoms with Gasteiger partial charge in [-0.05, 0) is 17.2 Å². The molecule has 1 fully saturated rings. The summed E-state index contributed by atoms with van der Waals surface area (Å²) < 4.78 is 10.6. The minimum absolute atomic E-state index is 0. The summed E-state index contributed by atoms with van der Waals surface area (Å²) in [5, 5.41) is 6.70. The molecule has 1 aromatic carbocycles. The Morgan fingerprint density at radius 2 is 1.79 bits per heavy atom. The minimum Gasteiger partial charge on any atom is -0.481 e. The number of morpholine rings is 1. The van der Waals surface area contributed by atoms with Gasteiger partial charge in [-0.3, -0.25) is 9.89 Å². The number of aromatic nitrogens is 1. The largest absolute Gasteiger partial charge is 0.481 e. The number of aliphatic imine (C=N–C) groups is 1. The van der Waals surface area contributed by atoms with E-state index in [0.29, 0.717) is 19.0 Å². The standard InChI is InChI=1S/C21H29N5O2.HI/c1-22-21(24-15-19-8-5-9-20(25-19)27-2)23-14-17-6-3-4-7-18(17)16-26-10-12-28-13-11-26;/h3-9H,10-16H2,1-2H3,(H2,22,23,24);1H. The van der Waals surface area contributed by atoms with Gasteiger partial charge in [0.25, 0.3) is 0 Å². The lowest BCUT2D eigenvalue weighted by Crippen LogP contribution is -2.37. The molecule has 0 amide bonds. The van der Waals surface area contributed by atoms with E-state index in [1.165, 1.54) is 11.1 Å². The van der Waals surface area contributed by atoms with Crippen LogP contribution in [0.15, 0.2) is 47.5 Å². The second-order valence-electron chi connectivity index (χ2n) is 6.61. The molecule has 0 atom stereocenters. The minimum atomic E-state index is 0. The third-order valence-corrected chi connectivity index (χ3v) is 4.71. The zero-order valence-corrected chi connectivity index (χ0v) is 19.4. The van der Waals surface area contributed by atoms with E-state index in [4.69, 9.17) is 9.47 Å². The number of hydrogen-bond acceptors (Lipinski definition) is 5. The summed E-state index contributed by atoms with van der Waals surface area (Å²) in [6.07, 6.45) is 0. The molecule has 0 saturated carbocycles. The molecule has 0 radical (unpaired) electrons. The van der Waals surface area contributed by atoms with Crippen molar-refractivity contribution in [3.8, 4) is 5.88 Å². The van der Waals surface area contributed by atoms with E-state index in [9.17, 15) is 0 Å². The number of ether oxygens (including phenoxy) is 2. The molecule has 1 aliphatic rings. The molecular weight excluding hydrogens is 481 g/mol. The lowest BCUT2D eigenvalue weighted by Gasteiger charge is -2.27. The second-order valence-corrected chi connectivity index (χ2v) is 6.61. The second kappa shape index (κ2) is 12.6. The fourth-order valence-electron chi connectivity index (χ4n) is 3.13. The quantitative estimate of drug-likeness (QED) is 0.338. The zero-order valence-electron chi connectivity index (χ0n) is 17.1. The molecule has 2 N–H and O–H groups in total. The fourth-order valence-corrected chi connectivity index (χ4v) is 3.13. The maximum Gasteiger partial charge on any atom is 0.213 e. The van der Waals surface area contributed by atoms with Crippen molar-refractivity contribution in [3.63, 3.8) is 0 Å². The summed E-state index contributed by atoms with van der Waals surface area (Å²) in [4.78, 5) is 11.2. The SMILES string of the molecule is CN=C(NCc1cccc(OC)n1)NCc1ccccc1CN1CCOCC1.I. The van der Waals surface area contributed by atoms with Crippen LogP contribution in [0.4, 0.5) is 0 Å². The van der Waals surface area contributed by atoms with Crippen LogP contribution in [0.1, 0.15) is 16.8 Å². The van der Waals surface area contributed by atoms with Gasteiger partial charge < -0.3 is 20.1 Å². The number of methoxy groups -OCH3 is 1. The molecule has 0 aliphatic carbocycles. The van der Waals surface area contributed by atoms with Crippen LogP contribution in [-0.4, -0.2) is 56.3 Å². The van der Waals surface area contributed by atoms with Crippen molar-refractivity contribution in [2.75, 3.05) is 40.5 Å². The number of guanidine groups is 1. The summed E-state index contributed by atoms with van der Waals surface area (Å²) in [5.74, 6) is 1.35. The predicted molar refractivity (Wildman–Crippen MR) is 126 cm³/mol. The molecule has 8 heteroatoms. The van der Waals surface area contributed by atoms with Crippen LogP contribution in [0, 0.1) is 0 Å². The van der Waals surface area contributed by atoms with E-state index in [-0.39, 0.29) is 24.0 Å². The van der Waals surface area contributed by atoms with E-state index < -0.39 is 0 Å². The average molecular weight is 511 g/mol. The highest BCUT2D eigenvalue weighted by atomic mass is 127. The van der Waals surface area contributed by atoms with Crippen molar-refractivity contribution in [2.45, 2.75) is 19.6 Å². The molecule has 0 unspecified atom stereocenters. The number of rotatable bonds is 7. The van der Waals surface area contributed by atoms with Gasteiger partial charge in [0.2, 0.25) is 5.88 Å². The summed E-state index contributed by atoms with van der Waals surface area (Å²) in [5.41, 5.74) is 3.51. The van der Waals surface area contributed by atoms with Gasteiger partial charge in [0.15, 0.2) is 5.96 Å². The summed E-state index contributed by atoms with van der Waals surface area (Å²) in [7, 11) is 3.39. The Morgan fingerprint density at radius 1 is 1.07 bits per heavy atom. The maximum absolute atomic E-state index is 5.45. The summed E-state index contributed by atoms with van der Waals surface area (Å²) in [6, 6.07) is 14.3. The summed E-state index contributed by atoms with van der Waals surface area (Å²) in [6.45, 7) is 5.83. The van der Waals surface area contributed by atoms with Gasteiger partial charge in [0, 0.05) is 39.3 Å². The lowest BCUT2D eigenvalue weighted by atomic mass is 10.1. The monoisotopic (exact) mass is 511 g/mol. The number of pyridine rings is 1. The molecule has 0 bridgehead atoms. The van der Waals surface area contributed by atoms with Gasteiger partial charge in [-0.1, -0.05) is 30.3 Å². The normalized spacial score (nSPS) is 14.8. The van der Waals surface area contributed by atoms with E-state index in [1.807, 2.05) is 18.2 Å². The first-order valence-electron chi connectivity index (χ1n) is 9.60. The van der Waals surface area contributed by atoms with Gasteiger partial charge in [0.1, 0.15) is 0 Å². The van der Waals surface area contributed by atoms with E-state index >= 15 is 0 Å². The lowest BCUT2D eigenvalue weighted by molar-refractivity contribution is 0.0341. The van der Waals surface area contributed by atoms with Crippen LogP contribution >= 0.6 is 24.0 Å². The van der Waals surface area contributed by atoms with Gasteiger partial charge >= 0.3 is 0 Å². The predicted octanol–water partition coefficient (Wildman–Crippen LogP) is 2.41. The third kappa shape index (κ3) is 7.45. The highest BCUT2D eigenvalue weighted by Crippen LogP contribution is 2.13. The first-order valence-corrected chi connectivity index (χ1v) is 9.60. The highest BCUT2D eigenvalue weighted by Gasteiger charge is 2.12. The molecule has 1 aliphatic heterocycles. The Kier molecular flexibility index (Phi) is 10.2. The molecule has 7 nitrogen and oxygen atoms in total. The van der Waals surface area contributed by atoms with Crippen LogP contribution < -0.4 is 15.4 Å². The van der Waals surface area contributed by atoms with Crippen LogP contribution in [0.5, 0.6) is 5.88 Å². The Bertz CT molecular complexity index is 781. The molecule has 3 rings (SSSR count). The van der Waals surface area contributed by atoms with Crippen molar-refractivity contribution < 1.29 is 9.47 Å². The van der Waals surface area contributed by atoms with Crippen molar-refractivity contribution in [1.29, 1.82) is 0 Å². The molecule has 2 heterocycles. The van der Waals surface area contributed by atoms with E-state index in [1.54, 1.807) is 14.2 Å². The zero-order chi connectivity index (χ0) is 19.6. The van der Waals surface area contributed by atoms with Crippen molar-refractivity contribution in [1.82, 2.24) is 20.5 Å². The third-order valence-electron chi connectivity index (χ3n) is 4.71. The molecule has 29 heavy (non-hydrogen) atoms. The number of nitrogens with zero attached hydrogens (tertiary/aromatic N) is 3. The highest BCUT2D eigenvalue weighted by molar-refractivity contribution is 14.0. The number of nitrogens with one attached hydrogen (secondary N) is 2. The molecule has 1 saturated heterocycles. The van der Waals surface area contributed by atoms with Crippen LogP contribution in [-0.2, 0) is 24.4 Å². The fraction of sp³-hybridized carbons (Fsp3) is 0.429. The smallest absolute Gasteiger partial charge is 0.213 e. The first-order chi connectivity index (χ1) is 13.8. The topological polar surface area (TPSA) is 71.0 Å². The molecule has 1 aromatic heterocycles. The Balaban J connectivity index is 0.00000300. The van der Waals surface area contributed by atoms with Gasteiger partial charge in [-0.15, -0.1) is 24.0 Å². The van der Waals surface area contributed by atoms with E-state index in [0.717, 1.165) is 44.5 Å². The molecule has 158 valence electrons. The molecule has 2 aromatic rings. The van der Waals surface area contributed by atoms with Crippen LogP contribution in [0.25, 0.3) is 0 Å². The molecule has 0 spiro atoms. The van der Waals surface area contributed by atoms with Gasteiger partial charge in [-0.2, -0.15) is 0 Å². The van der Waals surface area contributed by atoms with Gasteiger partial charge in [0.05, 0.1) is 32.6 Å². The number of hydrogen-bond donors (Lipinski definition) is 2. The Hall–Kier alpha value is -1.91. The Morgan fingerprint density at radius 3 is 2.52 bits per heavy atom. The van der Waals surface area contributed by atoms with Crippen LogP contribution in [0.3, 0.4) is 0 Å². The first kappa shape index (κ1) is 23.4. The van der Waals surface area contributed by atoms with Crippen molar-refractivity contribution in [3.05, 3.63) is 59.3 Å². The number of halogens is 1. The van der Waals surface area contributed by atoms with E-state index in [2.05, 4.69) is 49.8 Å². The van der Waals surface area contributed by atoms with Crippen molar-refractivity contribution in [2.24, 2.45) is 4.99 Å². The maximum atomic E-state index is 5.45. The average Bonchev–Trinajstić information content (AvgIpc) is 2.76. The van der Waals surface area contributed by atoms with Gasteiger partial charge in [-0.25, -0.2) is 4.98 Å². The van der Waals surface area contributed by atoms with Crippen molar-refractivity contribution >= 4 is 29.9 Å². The molecular formula is C21H30IN5O2. The summed E-state index contributed by atoms with van der Waals surface area (Å²) >= 11 is 0. The Labute approximate surface area is 189 Å². The number of benzene rings is 1. The van der Waals surface area contributed by atoms with Crippen LogP contribution in [0.2, 0.25) is 0 Å².